The molecule has 1 fully saturated rings. The zero-order valence-electron chi connectivity index (χ0n) is 17.9. The molecule has 1 saturated heterocycles. The first-order valence-electron chi connectivity index (χ1n) is 10.6. The first kappa shape index (κ1) is 22.0. The Morgan fingerprint density at radius 1 is 1.30 bits per heavy atom. The highest BCUT2D eigenvalue weighted by molar-refractivity contribution is 5.75. The highest BCUT2D eigenvalue weighted by atomic mass is 16.5. The standard InChI is InChI=1S/C24H32N2O4/c1-28-22-11-10-20(23(16-22)29-2)17-25-24(27)12-9-19-6-3-13-26(18-19)14-4-7-21-8-5-15-30-21/h4-5,7-8,10-11,15-16,19H,3,6,9,12-14,17-18H2,1-2H3,(H,25,27)/b7-4+/t19-/m1/s1. The second-order valence-corrected chi connectivity index (χ2v) is 7.68. The summed E-state index contributed by atoms with van der Waals surface area (Å²) in [6.07, 6.45) is 9.71. The molecule has 1 aromatic heterocycles. The van der Waals surface area contributed by atoms with E-state index in [2.05, 4.69) is 16.3 Å². The Bertz CT molecular complexity index is 817. The Morgan fingerprint density at radius 2 is 2.20 bits per heavy atom. The van der Waals surface area contributed by atoms with Gasteiger partial charge in [-0.3, -0.25) is 9.69 Å². The van der Waals surface area contributed by atoms with Gasteiger partial charge in [0, 0.05) is 37.7 Å². The smallest absolute Gasteiger partial charge is 0.220 e. The molecule has 1 amide bonds. The fraction of sp³-hybridized carbons (Fsp3) is 0.458. The van der Waals surface area contributed by atoms with E-state index in [-0.39, 0.29) is 5.91 Å². The number of piperidine rings is 1. The molecule has 2 heterocycles. The molecule has 0 saturated carbocycles. The van der Waals surface area contributed by atoms with E-state index < -0.39 is 0 Å². The number of rotatable bonds is 10. The van der Waals surface area contributed by atoms with Crippen LogP contribution in [0.5, 0.6) is 11.5 Å². The Morgan fingerprint density at radius 3 is 2.97 bits per heavy atom. The lowest BCUT2D eigenvalue weighted by atomic mass is 9.93. The summed E-state index contributed by atoms with van der Waals surface area (Å²) in [6.45, 7) is 3.53. The third kappa shape index (κ3) is 6.66. The maximum absolute atomic E-state index is 12.4. The molecule has 6 heteroatoms. The lowest BCUT2D eigenvalue weighted by Crippen LogP contribution is -2.36. The molecule has 1 aliphatic heterocycles. The van der Waals surface area contributed by atoms with E-state index in [1.807, 2.05) is 36.4 Å². The third-order valence-electron chi connectivity index (χ3n) is 5.54. The van der Waals surface area contributed by atoms with Gasteiger partial charge in [0.05, 0.1) is 20.5 Å². The molecule has 3 rings (SSSR count). The van der Waals surface area contributed by atoms with Crippen LogP contribution in [-0.4, -0.2) is 44.7 Å². The zero-order chi connectivity index (χ0) is 21.2. The van der Waals surface area contributed by atoms with Gasteiger partial charge in [-0.25, -0.2) is 0 Å². The van der Waals surface area contributed by atoms with Crippen LogP contribution in [0.4, 0.5) is 0 Å². The molecule has 1 N–H and O–H groups in total. The molecule has 0 radical (unpaired) electrons. The first-order chi connectivity index (χ1) is 14.7. The van der Waals surface area contributed by atoms with Crippen molar-refractivity contribution in [3.63, 3.8) is 0 Å². The van der Waals surface area contributed by atoms with E-state index >= 15 is 0 Å². The van der Waals surface area contributed by atoms with Crippen LogP contribution in [0.3, 0.4) is 0 Å². The number of amides is 1. The molecule has 6 nitrogen and oxygen atoms in total. The summed E-state index contributed by atoms with van der Waals surface area (Å²) < 4.78 is 15.9. The molecular weight excluding hydrogens is 380 g/mol. The van der Waals surface area contributed by atoms with Gasteiger partial charge < -0.3 is 19.2 Å². The maximum Gasteiger partial charge on any atom is 0.220 e. The number of carbonyl (C=O) groups excluding carboxylic acids is 1. The predicted octanol–water partition coefficient (Wildman–Crippen LogP) is 4.12. The van der Waals surface area contributed by atoms with Gasteiger partial charge in [0.1, 0.15) is 17.3 Å². The number of likely N-dealkylation sites (tertiary alicyclic amines) is 1. The number of nitrogens with zero attached hydrogens (tertiary/aromatic N) is 1. The molecule has 0 aliphatic carbocycles. The summed E-state index contributed by atoms with van der Waals surface area (Å²) in [5.41, 5.74) is 0.943. The second-order valence-electron chi connectivity index (χ2n) is 7.68. The van der Waals surface area contributed by atoms with E-state index in [1.165, 1.54) is 12.8 Å². The number of ether oxygens (including phenoxy) is 2. The van der Waals surface area contributed by atoms with E-state index in [4.69, 9.17) is 13.9 Å². The lowest BCUT2D eigenvalue weighted by molar-refractivity contribution is -0.121. The van der Waals surface area contributed by atoms with Crippen LogP contribution < -0.4 is 14.8 Å². The molecule has 0 unspecified atom stereocenters. The Hall–Kier alpha value is -2.73. The summed E-state index contributed by atoms with van der Waals surface area (Å²) in [7, 11) is 3.25. The van der Waals surface area contributed by atoms with Crippen LogP contribution in [0, 0.1) is 5.92 Å². The number of nitrogens with one attached hydrogen (secondary N) is 1. The number of methoxy groups -OCH3 is 2. The van der Waals surface area contributed by atoms with Gasteiger partial charge in [0.2, 0.25) is 5.91 Å². The number of furan rings is 1. The van der Waals surface area contributed by atoms with Gasteiger partial charge in [-0.15, -0.1) is 0 Å². The second kappa shape index (κ2) is 11.5. The van der Waals surface area contributed by atoms with Crippen LogP contribution in [0.1, 0.15) is 37.0 Å². The van der Waals surface area contributed by atoms with E-state index in [9.17, 15) is 4.79 Å². The molecule has 1 atom stereocenters. The van der Waals surface area contributed by atoms with Crippen molar-refractivity contribution in [2.75, 3.05) is 33.9 Å². The van der Waals surface area contributed by atoms with Crippen LogP contribution in [0.2, 0.25) is 0 Å². The molecule has 0 spiro atoms. The molecule has 2 aromatic rings. The van der Waals surface area contributed by atoms with Gasteiger partial charge in [0.15, 0.2) is 0 Å². The minimum Gasteiger partial charge on any atom is -0.497 e. The highest BCUT2D eigenvalue weighted by Crippen LogP contribution is 2.25. The van der Waals surface area contributed by atoms with Crippen LogP contribution >= 0.6 is 0 Å². The van der Waals surface area contributed by atoms with Crippen molar-refractivity contribution in [3.05, 3.63) is 54.0 Å². The lowest BCUT2D eigenvalue weighted by Gasteiger charge is -2.31. The Kier molecular flexibility index (Phi) is 8.39. The zero-order valence-corrected chi connectivity index (χ0v) is 17.9. The summed E-state index contributed by atoms with van der Waals surface area (Å²) in [5, 5.41) is 3.02. The van der Waals surface area contributed by atoms with Gasteiger partial charge in [0.25, 0.3) is 0 Å². The van der Waals surface area contributed by atoms with Crippen molar-refractivity contribution < 1.29 is 18.7 Å². The number of hydrogen-bond donors (Lipinski definition) is 1. The highest BCUT2D eigenvalue weighted by Gasteiger charge is 2.20. The summed E-state index contributed by atoms with van der Waals surface area (Å²) >= 11 is 0. The molecule has 1 aliphatic rings. The van der Waals surface area contributed by atoms with Crippen molar-refractivity contribution in [3.8, 4) is 11.5 Å². The minimum atomic E-state index is 0.0858. The van der Waals surface area contributed by atoms with E-state index in [0.717, 1.165) is 48.9 Å². The van der Waals surface area contributed by atoms with Gasteiger partial charge in [-0.1, -0.05) is 6.08 Å². The van der Waals surface area contributed by atoms with Gasteiger partial charge in [-0.05, 0) is 62.1 Å². The van der Waals surface area contributed by atoms with Crippen molar-refractivity contribution >= 4 is 12.0 Å². The van der Waals surface area contributed by atoms with Crippen molar-refractivity contribution in [2.24, 2.45) is 5.92 Å². The average molecular weight is 413 g/mol. The fourth-order valence-electron chi connectivity index (χ4n) is 3.87. The van der Waals surface area contributed by atoms with Crippen molar-refractivity contribution in [1.82, 2.24) is 10.2 Å². The van der Waals surface area contributed by atoms with Crippen molar-refractivity contribution in [1.29, 1.82) is 0 Å². The normalized spacial score (nSPS) is 17.2. The summed E-state index contributed by atoms with van der Waals surface area (Å²) in [5.74, 6) is 3.00. The summed E-state index contributed by atoms with van der Waals surface area (Å²) in [4.78, 5) is 14.8. The SMILES string of the molecule is COc1ccc(CNC(=O)CC[C@H]2CCCN(C/C=C/c3ccco3)C2)c(OC)c1. The van der Waals surface area contributed by atoms with Crippen LogP contribution in [0.25, 0.3) is 6.08 Å². The third-order valence-corrected chi connectivity index (χ3v) is 5.54. The quantitative estimate of drug-likeness (QED) is 0.636. The largest absolute Gasteiger partial charge is 0.497 e. The van der Waals surface area contributed by atoms with E-state index in [1.54, 1.807) is 20.5 Å². The molecular formula is C24H32N2O4. The number of hydrogen-bond acceptors (Lipinski definition) is 5. The van der Waals surface area contributed by atoms with Crippen molar-refractivity contribution in [2.45, 2.75) is 32.2 Å². The fourth-order valence-corrected chi connectivity index (χ4v) is 3.87. The number of carbonyl (C=O) groups is 1. The number of benzene rings is 1. The topological polar surface area (TPSA) is 63.9 Å². The van der Waals surface area contributed by atoms with Crippen LogP contribution in [0.15, 0.2) is 47.1 Å². The maximum atomic E-state index is 12.4. The first-order valence-corrected chi connectivity index (χ1v) is 10.6. The minimum absolute atomic E-state index is 0.0858. The molecule has 1 aromatic carbocycles. The summed E-state index contributed by atoms with van der Waals surface area (Å²) in [6, 6.07) is 9.48. The van der Waals surface area contributed by atoms with Crippen LogP contribution in [-0.2, 0) is 11.3 Å². The monoisotopic (exact) mass is 412 g/mol. The van der Waals surface area contributed by atoms with E-state index in [0.29, 0.717) is 18.9 Å². The Balaban J connectivity index is 1.39. The average Bonchev–Trinajstić information content (AvgIpc) is 3.30. The molecule has 162 valence electrons. The predicted molar refractivity (Wildman–Crippen MR) is 118 cm³/mol. The Labute approximate surface area is 178 Å². The molecule has 0 bridgehead atoms. The molecule has 30 heavy (non-hydrogen) atoms. The van der Waals surface area contributed by atoms with Gasteiger partial charge in [-0.2, -0.15) is 0 Å². The van der Waals surface area contributed by atoms with Gasteiger partial charge >= 0.3 is 0 Å².